The van der Waals surface area contributed by atoms with Crippen molar-refractivity contribution in [3.63, 3.8) is 0 Å². The second-order valence-electron chi connectivity index (χ2n) is 9.94. The minimum absolute atomic E-state index is 0.944. The third kappa shape index (κ3) is 20.5. The van der Waals surface area contributed by atoms with E-state index < -0.39 is 0 Å². The molecule has 0 aliphatic rings. The molecule has 0 aromatic heterocycles. The van der Waals surface area contributed by atoms with Crippen LogP contribution >= 0.6 is 0 Å². The Balaban J connectivity index is 3.35. The summed E-state index contributed by atoms with van der Waals surface area (Å²) in [7, 11) is 0. The molecule has 0 nitrogen and oxygen atoms in total. The van der Waals surface area contributed by atoms with Gasteiger partial charge in [-0.2, -0.15) is 0 Å². The molecule has 0 rings (SSSR count). The third-order valence-electron chi connectivity index (χ3n) is 6.62. The second-order valence-corrected chi connectivity index (χ2v) is 9.94. The number of hydrogen-bond donors (Lipinski definition) is 0. The van der Waals surface area contributed by atoms with E-state index in [-0.39, 0.29) is 0 Å². The molecule has 0 radical (unpaired) electrons. The molecular formula is C28H56. The highest BCUT2D eigenvalue weighted by Crippen LogP contribution is 2.22. The van der Waals surface area contributed by atoms with E-state index in [1.165, 1.54) is 116 Å². The van der Waals surface area contributed by atoms with E-state index >= 15 is 0 Å². The zero-order chi connectivity index (χ0) is 20.9. The Morgan fingerprint density at radius 3 is 1.36 bits per heavy atom. The molecule has 0 aliphatic carbocycles. The molecule has 0 N–H and O–H groups in total. The Hall–Kier alpha value is -0.260. The zero-order valence-electron chi connectivity index (χ0n) is 20.6. The Kier molecular flexibility index (Phi) is 21.2. The molecule has 28 heavy (non-hydrogen) atoms. The van der Waals surface area contributed by atoms with Crippen LogP contribution in [0, 0.1) is 17.8 Å². The molecule has 0 saturated heterocycles. The lowest BCUT2D eigenvalue weighted by atomic mass is 9.91. The highest BCUT2D eigenvalue weighted by atomic mass is 14.1. The maximum Gasteiger partial charge on any atom is -0.0351 e. The van der Waals surface area contributed by atoms with Gasteiger partial charge in [-0.1, -0.05) is 143 Å². The van der Waals surface area contributed by atoms with Crippen LogP contribution in [0.4, 0.5) is 0 Å². The molecular weight excluding hydrogens is 336 g/mol. The maximum absolute atomic E-state index is 2.49. The van der Waals surface area contributed by atoms with Crippen LogP contribution in [0.25, 0.3) is 0 Å². The molecule has 3 unspecified atom stereocenters. The van der Waals surface area contributed by atoms with E-state index in [1.54, 1.807) is 0 Å². The highest BCUT2D eigenvalue weighted by molar-refractivity contribution is 4.76. The quantitative estimate of drug-likeness (QED) is 0.134. The van der Waals surface area contributed by atoms with E-state index in [0.717, 1.165) is 17.8 Å². The van der Waals surface area contributed by atoms with Gasteiger partial charge in [-0.3, -0.25) is 0 Å². The summed E-state index contributed by atoms with van der Waals surface area (Å²) in [5.41, 5.74) is 0. The lowest BCUT2D eigenvalue weighted by molar-refractivity contribution is 0.377. The molecule has 0 amide bonds. The van der Waals surface area contributed by atoms with Crippen LogP contribution in [-0.2, 0) is 0 Å². The van der Waals surface area contributed by atoms with Crippen molar-refractivity contribution in [3.8, 4) is 0 Å². The standard InChI is InChI=1S/C28H56/c1-6-8-9-10-11-12-13-14-15-16-17-21-27(4)23-19-25-28(5)24-18-22-26(3)20-7-2/h6,8,26-28H,7,9-25H2,1-5H3. The molecule has 0 aromatic rings. The first kappa shape index (κ1) is 27.7. The summed E-state index contributed by atoms with van der Waals surface area (Å²) in [6, 6.07) is 0. The largest absolute Gasteiger partial charge is 0.0917 e. The topological polar surface area (TPSA) is 0 Å². The first-order valence-corrected chi connectivity index (χ1v) is 13.2. The molecule has 0 aromatic carbocycles. The Morgan fingerprint density at radius 2 is 0.893 bits per heavy atom. The number of allylic oxidation sites excluding steroid dienone is 2. The van der Waals surface area contributed by atoms with E-state index in [4.69, 9.17) is 0 Å². The molecule has 0 heterocycles. The summed E-state index contributed by atoms with van der Waals surface area (Å²) in [5.74, 6) is 2.84. The lowest BCUT2D eigenvalue weighted by Crippen LogP contribution is -2.01. The predicted octanol–water partition coefficient (Wildman–Crippen LogP) is 10.5. The minimum Gasteiger partial charge on any atom is -0.0917 e. The summed E-state index contributed by atoms with van der Waals surface area (Å²) in [6.45, 7) is 11.8. The zero-order valence-corrected chi connectivity index (χ0v) is 20.6. The van der Waals surface area contributed by atoms with Gasteiger partial charge in [0, 0.05) is 0 Å². The molecule has 0 heteroatoms. The monoisotopic (exact) mass is 392 g/mol. The van der Waals surface area contributed by atoms with E-state index in [0.29, 0.717) is 0 Å². The maximum atomic E-state index is 2.49. The molecule has 168 valence electrons. The summed E-state index contributed by atoms with van der Waals surface area (Å²) >= 11 is 0. The van der Waals surface area contributed by atoms with Gasteiger partial charge < -0.3 is 0 Å². The van der Waals surface area contributed by atoms with E-state index in [2.05, 4.69) is 46.8 Å². The molecule has 0 spiro atoms. The van der Waals surface area contributed by atoms with Gasteiger partial charge in [0.15, 0.2) is 0 Å². The van der Waals surface area contributed by atoms with E-state index in [1.807, 2.05) is 0 Å². The van der Waals surface area contributed by atoms with E-state index in [9.17, 15) is 0 Å². The first-order valence-electron chi connectivity index (χ1n) is 13.2. The SMILES string of the molecule is CC=CCCCCCCCCCCC(C)CCCC(C)CCCC(C)CCC. The number of rotatable bonds is 21. The third-order valence-corrected chi connectivity index (χ3v) is 6.62. The normalized spacial score (nSPS) is 15.2. The molecule has 0 bridgehead atoms. The van der Waals surface area contributed by atoms with Gasteiger partial charge in [0.05, 0.1) is 0 Å². The second kappa shape index (κ2) is 21.4. The fourth-order valence-electron chi connectivity index (χ4n) is 4.54. The van der Waals surface area contributed by atoms with Crippen LogP contribution in [0.3, 0.4) is 0 Å². The summed E-state index contributed by atoms with van der Waals surface area (Å²) < 4.78 is 0. The van der Waals surface area contributed by atoms with Crippen molar-refractivity contribution in [2.24, 2.45) is 17.8 Å². The number of unbranched alkanes of at least 4 members (excludes halogenated alkanes) is 8. The van der Waals surface area contributed by atoms with Crippen molar-refractivity contribution >= 4 is 0 Å². The van der Waals surface area contributed by atoms with Crippen LogP contribution in [0.2, 0.25) is 0 Å². The summed E-state index contributed by atoms with van der Waals surface area (Å²) in [4.78, 5) is 0. The molecule has 0 fully saturated rings. The van der Waals surface area contributed by atoms with Crippen LogP contribution < -0.4 is 0 Å². The smallest absolute Gasteiger partial charge is 0.0351 e. The average Bonchev–Trinajstić information content (AvgIpc) is 2.66. The molecule has 0 saturated carbocycles. The Bertz CT molecular complexity index is 316. The summed E-state index contributed by atoms with van der Waals surface area (Å²) in [6.07, 6.45) is 30.3. The van der Waals surface area contributed by atoms with Gasteiger partial charge in [-0.15, -0.1) is 0 Å². The Morgan fingerprint density at radius 1 is 0.500 bits per heavy atom. The highest BCUT2D eigenvalue weighted by Gasteiger charge is 2.07. The molecule has 0 aliphatic heterocycles. The van der Waals surface area contributed by atoms with Gasteiger partial charge in [0.25, 0.3) is 0 Å². The van der Waals surface area contributed by atoms with Crippen LogP contribution in [0.15, 0.2) is 12.2 Å². The fraction of sp³-hybridized carbons (Fsp3) is 0.929. The van der Waals surface area contributed by atoms with Gasteiger partial charge in [-0.25, -0.2) is 0 Å². The predicted molar refractivity (Wildman–Crippen MR) is 131 cm³/mol. The van der Waals surface area contributed by atoms with Gasteiger partial charge >= 0.3 is 0 Å². The van der Waals surface area contributed by atoms with Gasteiger partial charge in [-0.05, 0) is 37.5 Å². The van der Waals surface area contributed by atoms with Crippen LogP contribution in [0.1, 0.15) is 150 Å². The minimum atomic E-state index is 0.944. The van der Waals surface area contributed by atoms with Crippen molar-refractivity contribution in [2.45, 2.75) is 150 Å². The Labute approximate surface area is 180 Å². The van der Waals surface area contributed by atoms with Crippen molar-refractivity contribution in [1.82, 2.24) is 0 Å². The molecule has 3 atom stereocenters. The lowest BCUT2D eigenvalue weighted by Gasteiger charge is -2.15. The van der Waals surface area contributed by atoms with Crippen LogP contribution in [0.5, 0.6) is 0 Å². The van der Waals surface area contributed by atoms with Crippen LogP contribution in [-0.4, -0.2) is 0 Å². The first-order chi connectivity index (χ1) is 13.6. The van der Waals surface area contributed by atoms with Crippen molar-refractivity contribution < 1.29 is 0 Å². The van der Waals surface area contributed by atoms with Gasteiger partial charge in [0.2, 0.25) is 0 Å². The number of hydrogen-bond acceptors (Lipinski definition) is 0. The van der Waals surface area contributed by atoms with Crippen molar-refractivity contribution in [1.29, 1.82) is 0 Å². The summed E-state index contributed by atoms with van der Waals surface area (Å²) in [5, 5.41) is 0. The fourth-order valence-corrected chi connectivity index (χ4v) is 4.54. The van der Waals surface area contributed by atoms with Crippen molar-refractivity contribution in [3.05, 3.63) is 12.2 Å². The van der Waals surface area contributed by atoms with Gasteiger partial charge in [0.1, 0.15) is 0 Å². The van der Waals surface area contributed by atoms with Crippen molar-refractivity contribution in [2.75, 3.05) is 0 Å². The average molecular weight is 393 g/mol.